The second kappa shape index (κ2) is 10.0. The number of amides is 4. The first kappa shape index (κ1) is 22.1. The highest BCUT2D eigenvalue weighted by atomic mass is 16.2. The Morgan fingerprint density at radius 1 is 1.12 bits per heavy atom. The van der Waals surface area contributed by atoms with E-state index in [1.165, 1.54) is 23.5 Å². The summed E-state index contributed by atoms with van der Waals surface area (Å²) in [6.45, 7) is 3.01. The molecule has 4 amide bonds. The Bertz CT molecular complexity index is 859. The van der Waals surface area contributed by atoms with Crippen molar-refractivity contribution in [3.63, 3.8) is 0 Å². The van der Waals surface area contributed by atoms with Crippen LogP contribution < -0.4 is 16.0 Å². The van der Waals surface area contributed by atoms with Gasteiger partial charge in [-0.15, -0.1) is 0 Å². The number of quaternary nitrogens is 1. The van der Waals surface area contributed by atoms with E-state index in [0.29, 0.717) is 19.5 Å². The molecule has 1 aromatic rings. The van der Waals surface area contributed by atoms with Gasteiger partial charge in [0.1, 0.15) is 17.8 Å². The van der Waals surface area contributed by atoms with E-state index in [0.717, 1.165) is 32.4 Å². The Balaban J connectivity index is 1.51. The van der Waals surface area contributed by atoms with Crippen molar-refractivity contribution in [3.8, 4) is 0 Å². The van der Waals surface area contributed by atoms with E-state index in [2.05, 4.69) is 25.9 Å². The summed E-state index contributed by atoms with van der Waals surface area (Å²) >= 11 is 0. The van der Waals surface area contributed by atoms with Crippen LogP contribution in [-0.4, -0.2) is 94.7 Å². The predicted molar refractivity (Wildman–Crippen MR) is 112 cm³/mol. The highest BCUT2D eigenvalue weighted by Crippen LogP contribution is 2.20. The van der Waals surface area contributed by atoms with E-state index < -0.39 is 18.0 Å². The van der Waals surface area contributed by atoms with Gasteiger partial charge in [0.05, 0.1) is 25.8 Å². The SMILES string of the molecule is O=C1NCCC[C@@H]1NC(=O)[C@H]1CN(C(=O)c2cnccn2)CCN1C(=O)C1CC[NH2+]CC1. The van der Waals surface area contributed by atoms with Crippen LogP contribution >= 0.6 is 0 Å². The molecule has 3 saturated heterocycles. The molecule has 2 atom stereocenters. The van der Waals surface area contributed by atoms with Gasteiger partial charge < -0.3 is 25.8 Å². The quantitative estimate of drug-likeness (QED) is 0.469. The van der Waals surface area contributed by atoms with E-state index in [4.69, 9.17) is 0 Å². The average molecular weight is 445 g/mol. The maximum absolute atomic E-state index is 13.3. The van der Waals surface area contributed by atoms with E-state index in [-0.39, 0.29) is 42.4 Å². The van der Waals surface area contributed by atoms with Gasteiger partial charge >= 0.3 is 0 Å². The van der Waals surface area contributed by atoms with Crippen LogP contribution in [0.25, 0.3) is 0 Å². The van der Waals surface area contributed by atoms with Gasteiger partial charge in [0.15, 0.2) is 0 Å². The van der Waals surface area contributed by atoms with Crippen LogP contribution in [0.5, 0.6) is 0 Å². The molecule has 3 fully saturated rings. The van der Waals surface area contributed by atoms with Crippen LogP contribution in [-0.2, 0) is 14.4 Å². The molecule has 1 aromatic heterocycles. The molecule has 0 unspecified atom stereocenters. The van der Waals surface area contributed by atoms with E-state index >= 15 is 0 Å². The zero-order chi connectivity index (χ0) is 22.5. The van der Waals surface area contributed by atoms with E-state index in [9.17, 15) is 19.2 Å². The normalized spacial score (nSPS) is 24.6. The van der Waals surface area contributed by atoms with Crippen molar-refractivity contribution < 1.29 is 24.5 Å². The van der Waals surface area contributed by atoms with Gasteiger partial charge in [-0.25, -0.2) is 4.98 Å². The Morgan fingerprint density at radius 2 is 1.94 bits per heavy atom. The molecule has 172 valence electrons. The van der Waals surface area contributed by atoms with Gasteiger partial charge in [-0.05, 0) is 12.8 Å². The zero-order valence-corrected chi connectivity index (χ0v) is 18.0. The average Bonchev–Trinajstić information content (AvgIpc) is 2.85. The summed E-state index contributed by atoms with van der Waals surface area (Å²) in [5, 5.41) is 7.75. The lowest BCUT2D eigenvalue weighted by Gasteiger charge is -2.42. The zero-order valence-electron chi connectivity index (χ0n) is 18.0. The standard InChI is InChI=1S/C21H29N7O4/c29-18-15(2-1-5-25-18)26-19(30)17-13-27(21(32)16-12-23-8-9-24-16)10-11-28(17)20(31)14-3-6-22-7-4-14/h8-9,12,14-15,17,22H,1-7,10-11,13H2,(H,25,29)(H,26,30)/p+1/t15-,17+/m0/s1. The molecule has 11 nitrogen and oxygen atoms in total. The molecule has 11 heteroatoms. The summed E-state index contributed by atoms with van der Waals surface area (Å²) in [6, 6.07) is -1.47. The molecule has 4 heterocycles. The largest absolute Gasteiger partial charge is 0.354 e. The molecule has 0 radical (unpaired) electrons. The van der Waals surface area contributed by atoms with Gasteiger partial charge in [0, 0.05) is 50.8 Å². The van der Waals surface area contributed by atoms with Crippen LogP contribution in [0.2, 0.25) is 0 Å². The summed E-state index contributed by atoms with van der Waals surface area (Å²) in [4.78, 5) is 62.8. The third kappa shape index (κ3) is 4.87. The maximum Gasteiger partial charge on any atom is 0.274 e. The lowest BCUT2D eigenvalue weighted by Crippen LogP contribution is -2.86. The summed E-state index contributed by atoms with van der Waals surface area (Å²) in [6.07, 6.45) is 7.20. The van der Waals surface area contributed by atoms with E-state index in [1.54, 1.807) is 4.90 Å². The fourth-order valence-corrected chi connectivity index (χ4v) is 4.61. The number of hydrogen-bond acceptors (Lipinski definition) is 6. The number of aromatic nitrogens is 2. The first-order valence-electron chi connectivity index (χ1n) is 11.3. The Hall–Kier alpha value is -3.08. The molecule has 32 heavy (non-hydrogen) atoms. The number of rotatable bonds is 4. The number of nitrogens with zero attached hydrogens (tertiary/aromatic N) is 4. The number of piperidine rings is 2. The highest BCUT2D eigenvalue weighted by molar-refractivity contribution is 5.95. The van der Waals surface area contributed by atoms with Gasteiger partial charge in [-0.2, -0.15) is 0 Å². The van der Waals surface area contributed by atoms with Crippen molar-refractivity contribution in [2.75, 3.05) is 39.3 Å². The van der Waals surface area contributed by atoms with Crippen molar-refractivity contribution in [2.45, 2.75) is 37.8 Å². The molecule has 3 aliphatic rings. The number of carbonyl (C=O) groups excluding carboxylic acids is 4. The summed E-state index contributed by atoms with van der Waals surface area (Å²) in [5.74, 6) is -1.10. The summed E-state index contributed by atoms with van der Waals surface area (Å²) in [7, 11) is 0. The number of nitrogens with two attached hydrogens (primary N) is 1. The molecule has 0 bridgehead atoms. The molecular formula is C21H30N7O4+. The molecule has 3 aliphatic heterocycles. The lowest BCUT2D eigenvalue weighted by molar-refractivity contribution is -0.664. The van der Waals surface area contributed by atoms with Gasteiger partial charge in [-0.1, -0.05) is 0 Å². The van der Waals surface area contributed by atoms with Gasteiger partial charge in [0.2, 0.25) is 17.7 Å². The van der Waals surface area contributed by atoms with Crippen LogP contribution in [0.4, 0.5) is 0 Å². The number of carbonyl (C=O) groups is 4. The van der Waals surface area contributed by atoms with E-state index in [1.807, 2.05) is 0 Å². The van der Waals surface area contributed by atoms with Crippen molar-refractivity contribution in [2.24, 2.45) is 5.92 Å². The summed E-state index contributed by atoms with van der Waals surface area (Å²) in [5.41, 5.74) is 0.195. The topological polar surface area (TPSA) is 141 Å². The fraction of sp³-hybridized carbons (Fsp3) is 0.619. The fourth-order valence-electron chi connectivity index (χ4n) is 4.61. The second-order valence-electron chi connectivity index (χ2n) is 8.52. The second-order valence-corrected chi connectivity index (χ2v) is 8.52. The lowest BCUT2D eigenvalue weighted by atomic mass is 9.95. The first-order chi connectivity index (χ1) is 15.5. The molecule has 0 aliphatic carbocycles. The van der Waals surface area contributed by atoms with Gasteiger partial charge in [-0.3, -0.25) is 24.2 Å². The third-order valence-corrected chi connectivity index (χ3v) is 6.43. The number of piperazine rings is 1. The van der Waals surface area contributed by atoms with Crippen molar-refractivity contribution >= 4 is 23.6 Å². The van der Waals surface area contributed by atoms with Gasteiger partial charge in [0.25, 0.3) is 5.91 Å². The first-order valence-corrected chi connectivity index (χ1v) is 11.3. The third-order valence-electron chi connectivity index (χ3n) is 6.43. The van der Waals surface area contributed by atoms with Crippen LogP contribution in [0.3, 0.4) is 0 Å². The molecule has 0 saturated carbocycles. The maximum atomic E-state index is 13.3. The molecular weight excluding hydrogens is 414 g/mol. The van der Waals surface area contributed by atoms with Crippen LogP contribution in [0.15, 0.2) is 18.6 Å². The van der Waals surface area contributed by atoms with Crippen molar-refractivity contribution in [1.29, 1.82) is 0 Å². The van der Waals surface area contributed by atoms with Crippen molar-refractivity contribution in [1.82, 2.24) is 30.4 Å². The Labute approximate surface area is 186 Å². The van der Waals surface area contributed by atoms with Crippen molar-refractivity contribution in [3.05, 3.63) is 24.3 Å². The molecule has 0 spiro atoms. The highest BCUT2D eigenvalue weighted by Gasteiger charge is 2.41. The Kier molecular flexibility index (Phi) is 6.93. The monoisotopic (exact) mass is 444 g/mol. The number of nitrogens with one attached hydrogen (secondary N) is 2. The summed E-state index contributed by atoms with van der Waals surface area (Å²) < 4.78 is 0. The minimum Gasteiger partial charge on any atom is -0.354 e. The molecule has 4 rings (SSSR count). The van der Waals surface area contributed by atoms with Crippen LogP contribution in [0.1, 0.15) is 36.2 Å². The predicted octanol–water partition coefficient (Wildman–Crippen LogP) is -2.50. The number of hydrogen-bond donors (Lipinski definition) is 3. The van der Waals surface area contributed by atoms with Crippen LogP contribution in [0, 0.1) is 5.92 Å². The minimum absolute atomic E-state index is 0.0436. The smallest absolute Gasteiger partial charge is 0.274 e. The Morgan fingerprint density at radius 3 is 2.66 bits per heavy atom. The minimum atomic E-state index is -0.850. The molecule has 0 aromatic carbocycles. The molecule has 4 N–H and O–H groups in total.